The standard InChI is InChI=1S/C14H18O4/c1-14(2,3)10-6-4-9(5-7-10)11(13(17)18)8-12(15)16/h4-7,11H,8H2,1-3H3,(H,15,16)(H,17,18)/t11-/m1/s1. The Hall–Kier alpha value is -1.84. The lowest BCUT2D eigenvalue weighted by atomic mass is 9.85. The molecule has 0 aliphatic rings. The van der Waals surface area contributed by atoms with Crippen LogP contribution in [0.5, 0.6) is 0 Å². The van der Waals surface area contributed by atoms with Gasteiger partial charge in [0.25, 0.3) is 0 Å². The molecule has 4 heteroatoms. The first-order valence-electron chi connectivity index (χ1n) is 5.77. The average molecular weight is 250 g/mol. The molecule has 0 unspecified atom stereocenters. The van der Waals surface area contributed by atoms with Gasteiger partial charge in [0, 0.05) is 0 Å². The molecule has 0 spiro atoms. The quantitative estimate of drug-likeness (QED) is 0.861. The highest BCUT2D eigenvalue weighted by atomic mass is 16.4. The third-order valence-corrected chi connectivity index (χ3v) is 2.86. The summed E-state index contributed by atoms with van der Waals surface area (Å²) in [6.07, 6.45) is -0.399. The number of carboxylic acids is 2. The summed E-state index contributed by atoms with van der Waals surface area (Å²) < 4.78 is 0. The van der Waals surface area contributed by atoms with Crippen LogP contribution in [0.4, 0.5) is 0 Å². The van der Waals surface area contributed by atoms with Crippen molar-refractivity contribution in [1.29, 1.82) is 0 Å². The van der Waals surface area contributed by atoms with Crippen molar-refractivity contribution < 1.29 is 19.8 Å². The highest BCUT2D eigenvalue weighted by Gasteiger charge is 2.23. The lowest BCUT2D eigenvalue weighted by molar-refractivity contribution is -0.145. The van der Waals surface area contributed by atoms with E-state index in [2.05, 4.69) is 20.8 Å². The number of rotatable bonds is 4. The summed E-state index contributed by atoms with van der Waals surface area (Å²) in [7, 11) is 0. The van der Waals surface area contributed by atoms with Gasteiger partial charge in [-0.3, -0.25) is 9.59 Å². The molecule has 1 aromatic carbocycles. The lowest BCUT2D eigenvalue weighted by Gasteiger charge is -2.20. The Labute approximate surface area is 106 Å². The molecule has 18 heavy (non-hydrogen) atoms. The normalized spacial score (nSPS) is 13.1. The Morgan fingerprint density at radius 2 is 1.61 bits per heavy atom. The minimum Gasteiger partial charge on any atom is -0.481 e. The van der Waals surface area contributed by atoms with Gasteiger partial charge in [-0.25, -0.2) is 0 Å². The summed E-state index contributed by atoms with van der Waals surface area (Å²) >= 11 is 0. The summed E-state index contributed by atoms with van der Waals surface area (Å²) in [4.78, 5) is 21.7. The number of hydrogen-bond acceptors (Lipinski definition) is 2. The monoisotopic (exact) mass is 250 g/mol. The van der Waals surface area contributed by atoms with Gasteiger partial charge in [-0.1, -0.05) is 45.0 Å². The van der Waals surface area contributed by atoms with E-state index >= 15 is 0 Å². The van der Waals surface area contributed by atoms with E-state index in [1.165, 1.54) is 0 Å². The molecular formula is C14H18O4. The van der Waals surface area contributed by atoms with E-state index in [-0.39, 0.29) is 5.41 Å². The van der Waals surface area contributed by atoms with Gasteiger partial charge in [-0.15, -0.1) is 0 Å². The first-order chi connectivity index (χ1) is 8.21. The number of carbonyl (C=O) groups is 2. The molecule has 1 rings (SSSR count). The second-order valence-corrected chi connectivity index (χ2v) is 5.36. The van der Waals surface area contributed by atoms with Crippen LogP contribution in [0.15, 0.2) is 24.3 Å². The predicted octanol–water partition coefficient (Wildman–Crippen LogP) is 2.63. The van der Waals surface area contributed by atoms with Gasteiger partial charge in [0.1, 0.15) is 0 Å². The third-order valence-electron chi connectivity index (χ3n) is 2.86. The predicted molar refractivity (Wildman–Crippen MR) is 67.8 cm³/mol. The molecule has 0 aliphatic heterocycles. The van der Waals surface area contributed by atoms with Crippen molar-refractivity contribution in [3.63, 3.8) is 0 Å². The summed E-state index contributed by atoms with van der Waals surface area (Å²) in [5.74, 6) is -3.21. The van der Waals surface area contributed by atoms with Gasteiger partial charge >= 0.3 is 11.9 Å². The zero-order valence-electron chi connectivity index (χ0n) is 10.8. The maximum Gasteiger partial charge on any atom is 0.311 e. The largest absolute Gasteiger partial charge is 0.481 e. The lowest BCUT2D eigenvalue weighted by Crippen LogP contribution is -2.16. The molecule has 2 N–H and O–H groups in total. The number of carboxylic acid groups (broad SMARTS) is 2. The smallest absolute Gasteiger partial charge is 0.311 e. The molecule has 98 valence electrons. The summed E-state index contributed by atoms with van der Waals surface area (Å²) in [6, 6.07) is 7.10. The van der Waals surface area contributed by atoms with Crippen LogP contribution in [-0.2, 0) is 15.0 Å². The van der Waals surface area contributed by atoms with Crippen LogP contribution in [0.1, 0.15) is 44.2 Å². The van der Waals surface area contributed by atoms with Crippen molar-refractivity contribution in [2.45, 2.75) is 38.5 Å². The molecule has 0 bridgehead atoms. The van der Waals surface area contributed by atoms with Crippen LogP contribution in [0, 0.1) is 0 Å². The second-order valence-electron chi connectivity index (χ2n) is 5.36. The van der Waals surface area contributed by atoms with Crippen molar-refractivity contribution in [3.05, 3.63) is 35.4 Å². The summed E-state index contributed by atoms with van der Waals surface area (Å²) in [5.41, 5.74) is 1.60. The van der Waals surface area contributed by atoms with Crippen molar-refractivity contribution in [2.24, 2.45) is 0 Å². The Morgan fingerprint density at radius 3 is 1.94 bits per heavy atom. The average Bonchev–Trinajstić information content (AvgIpc) is 2.24. The summed E-state index contributed by atoms with van der Waals surface area (Å²) in [5, 5.41) is 17.8. The topological polar surface area (TPSA) is 74.6 Å². The second kappa shape index (κ2) is 5.21. The molecule has 1 aromatic rings. The highest BCUT2D eigenvalue weighted by Crippen LogP contribution is 2.26. The molecule has 0 saturated heterocycles. The Bertz CT molecular complexity index is 440. The molecule has 0 radical (unpaired) electrons. The maximum atomic E-state index is 11.1. The van der Waals surface area contributed by atoms with Gasteiger partial charge in [0.15, 0.2) is 0 Å². The van der Waals surface area contributed by atoms with Gasteiger partial charge in [-0.05, 0) is 16.5 Å². The fourth-order valence-electron chi connectivity index (χ4n) is 1.74. The minimum atomic E-state index is -1.11. The van der Waals surface area contributed by atoms with Crippen LogP contribution < -0.4 is 0 Å². The van der Waals surface area contributed by atoms with Gasteiger partial charge in [-0.2, -0.15) is 0 Å². The molecule has 0 heterocycles. The van der Waals surface area contributed by atoms with Crippen LogP contribution >= 0.6 is 0 Å². The fraction of sp³-hybridized carbons (Fsp3) is 0.429. The fourth-order valence-corrected chi connectivity index (χ4v) is 1.74. The van der Waals surface area contributed by atoms with Crippen molar-refractivity contribution in [1.82, 2.24) is 0 Å². The first kappa shape index (κ1) is 14.2. The van der Waals surface area contributed by atoms with Crippen molar-refractivity contribution in [2.75, 3.05) is 0 Å². The Morgan fingerprint density at radius 1 is 1.11 bits per heavy atom. The van der Waals surface area contributed by atoms with Gasteiger partial charge in [0.2, 0.25) is 0 Å². The van der Waals surface area contributed by atoms with Crippen molar-refractivity contribution in [3.8, 4) is 0 Å². The van der Waals surface area contributed by atoms with E-state index in [1.54, 1.807) is 12.1 Å². The number of aliphatic carboxylic acids is 2. The molecule has 0 aromatic heterocycles. The zero-order chi connectivity index (χ0) is 13.9. The van der Waals surface area contributed by atoms with Crippen LogP contribution in [0.2, 0.25) is 0 Å². The highest BCUT2D eigenvalue weighted by molar-refractivity contribution is 5.82. The molecule has 0 saturated carbocycles. The van der Waals surface area contributed by atoms with Crippen molar-refractivity contribution >= 4 is 11.9 Å². The van der Waals surface area contributed by atoms with Gasteiger partial charge in [0.05, 0.1) is 12.3 Å². The van der Waals surface area contributed by atoms with E-state index in [4.69, 9.17) is 10.2 Å². The zero-order valence-corrected chi connectivity index (χ0v) is 10.8. The first-order valence-corrected chi connectivity index (χ1v) is 5.77. The number of hydrogen-bond donors (Lipinski definition) is 2. The molecule has 0 aliphatic carbocycles. The maximum absolute atomic E-state index is 11.1. The minimum absolute atomic E-state index is 0.00987. The molecule has 1 atom stereocenters. The van der Waals surface area contributed by atoms with Crippen LogP contribution in [0.25, 0.3) is 0 Å². The molecule has 0 amide bonds. The van der Waals surface area contributed by atoms with E-state index in [1.807, 2.05) is 12.1 Å². The van der Waals surface area contributed by atoms with Crippen LogP contribution in [-0.4, -0.2) is 22.2 Å². The number of benzene rings is 1. The SMILES string of the molecule is CC(C)(C)c1ccc([C@@H](CC(=O)O)C(=O)O)cc1. The van der Waals surface area contributed by atoms with Gasteiger partial charge < -0.3 is 10.2 Å². The Balaban J connectivity index is 3.01. The molecule has 4 nitrogen and oxygen atoms in total. The third kappa shape index (κ3) is 3.58. The molecular weight excluding hydrogens is 232 g/mol. The van der Waals surface area contributed by atoms with Crippen LogP contribution in [0.3, 0.4) is 0 Å². The molecule has 0 fully saturated rings. The summed E-state index contributed by atoms with van der Waals surface area (Å²) in [6.45, 7) is 6.19. The van der Waals surface area contributed by atoms with E-state index in [0.29, 0.717) is 5.56 Å². The van der Waals surface area contributed by atoms with E-state index in [0.717, 1.165) is 5.56 Å². The Kier molecular flexibility index (Phi) is 4.11. The van der Waals surface area contributed by atoms with E-state index < -0.39 is 24.3 Å². The van der Waals surface area contributed by atoms with E-state index in [9.17, 15) is 9.59 Å².